The van der Waals surface area contributed by atoms with E-state index in [4.69, 9.17) is 4.74 Å². The maximum Gasteiger partial charge on any atom is 0.303 e. The van der Waals surface area contributed by atoms with E-state index in [0.717, 1.165) is 24.2 Å². The van der Waals surface area contributed by atoms with Crippen molar-refractivity contribution in [3.8, 4) is 0 Å². The molecule has 4 aliphatic rings. The summed E-state index contributed by atoms with van der Waals surface area (Å²) in [5.74, 6) is 0.171. The number of halogens is 1. The van der Waals surface area contributed by atoms with Crippen LogP contribution in [0, 0.1) is 22.7 Å². The Balaban J connectivity index is 1.85. The van der Waals surface area contributed by atoms with Gasteiger partial charge in [-0.3, -0.25) is 9.59 Å². The maximum atomic E-state index is 17.7. The quantitative estimate of drug-likeness (QED) is 0.415. The van der Waals surface area contributed by atoms with E-state index in [0.29, 0.717) is 19.3 Å². The molecule has 0 heterocycles. The Morgan fingerprint density at radius 2 is 2.06 bits per heavy atom. The molecule has 0 aromatic rings. The summed E-state index contributed by atoms with van der Waals surface area (Å²) in [7, 11) is 0. The first-order valence-corrected chi connectivity index (χ1v) is 13.6. The number of aliphatic hydroxyl groups excluding tert-OH is 1. The average molecular weight is 483 g/mol. The zero-order valence-electron chi connectivity index (χ0n) is 19.7. The SMILES string of the molecule is CCSC1(SC(C)O)CC[C@H]2[C@@H]3CCC4=CC(=O)C=C[C@]4(C)C3(F)[C@@H](OC(C)=O)C[C@@]21C. The molecule has 32 heavy (non-hydrogen) atoms. The topological polar surface area (TPSA) is 63.6 Å². The second-order valence-corrected chi connectivity index (χ2v) is 13.7. The first-order chi connectivity index (χ1) is 14.9. The number of carbonyl (C=O) groups excluding carboxylic acids is 2. The van der Waals surface area contributed by atoms with Gasteiger partial charge in [-0.15, -0.1) is 23.5 Å². The molecule has 3 fully saturated rings. The van der Waals surface area contributed by atoms with Crippen molar-refractivity contribution in [2.75, 3.05) is 5.75 Å². The molecule has 0 aliphatic heterocycles. The first-order valence-electron chi connectivity index (χ1n) is 11.7. The minimum atomic E-state index is -1.77. The van der Waals surface area contributed by atoms with Crippen molar-refractivity contribution < 1.29 is 23.8 Å². The fourth-order valence-electron chi connectivity index (χ4n) is 7.42. The monoisotopic (exact) mass is 482 g/mol. The van der Waals surface area contributed by atoms with Crippen LogP contribution in [0.1, 0.15) is 66.7 Å². The largest absolute Gasteiger partial charge is 0.459 e. The maximum absolute atomic E-state index is 17.7. The summed E-state index contributed by atoms with van der Waals surface area (Å²) < 4.78 is 23.2. The summed E-state index contributed by atoms with van der Waals surface area (Å²) in [5, 5.41) is 10.4. The third-order valence-corrected chi connectivity index (χ3v) is 12.2. The number of fused-ring (bicyclic) bond motifs is 5. The van der Waals surface area contributed by atoms with Gasteiger partial charge in [0.15, 0.2) is 11.5 Å². The fraction of sp³-hybridized carbons (Fsp3) is 0.760. The molecule has 3 saturated carbocycles. The van der Waals surface area contributed by atoms with Gasteiger partial charge in [0.05, 0.1) is 9.52 Å². The van der Waals surface area contributed by atoms with E-state index in [1.165, 1.54) is 13.0 Å². The van der Waals surface area contributed by atoms with Crippen molar-refractivity contribution in [3.05, 3.63) is 23.8 Å². The zero-order chi connectivity index (χ0) is 23.5. The van der Waals surface area contributed by atoms with Gasteiger partial charge in [0.2, 0.25) is 0 Å². The molecule has 4 aliphatic carbocycles. The van der Waals surface area contributed by atoms with Gasteiger partial charge in [-0.05, 0) is 75.2 Å². The predicted octanol–water partition coefficient (Wildman–Crippen LogP) is 5.45. The van der Waals surface area contributed by atoms with Crippen molar-refractivity contribution in [2.24, 2.45) is 22.7 Å². The Bertz CT molecular complexity index is 872. The minimum Gasteiger partial charge on any atom is -0.459 e. The normalized spacial score (nSPS) is 46.0. The molecule has 8 atom stereocenters. The van der Waals surface area contributed by atoms with Gasteiger partial charge in [0, 0.05) is 18.3 Å². The lowest BCUT2D eigenvalue weighted by atomic mass is 9.46. The van der Waals surface area contributed by atoms with Gasteiger partial charge in [0.25, 0.3) is 0 Å². The van der Waals surface area contributed by atoms with Crippen LogP contribution in [0.3, 0.4) is 0 Å². The lowest BCUT2D eigenvalue weighted by Crippen LogP contribution is -2.68. The van der Waals surface area contributed by atoms with Crippen molar-refractivity contribution in [2.45, 2.75) is 88.0 Å². The highest BCUT2D eigenvalue weighted by Gasteiger charge is 2.74. The minimum absolute atomic E-state index is 0.100. The molecule has 3 unspecified atom stereocenters. The van der Waals surface area contributed by atoms with Crippen LogP contribution in [-0.2, 0) is 14.3 Å². The highest BCUT2D eigenvalue weighted by molar-refractivity contribution is 8.18. The number of thioether (sulfide) groups is 2. The van der Waals surface area contributed by atoms with Crippen molar-refractivity contribution in [1.82, 2.24) is 0 Å². The molecular formula is C25H35FO4S2. The fourth-order valence-corrected chi connectivity index (χ4v) is 11.1. The number of esters is 1. The van der Waals surface area contributed by atoms with Crippen LogP contribution in [0.25, 0.3) is 0 Å². The average Bonchev–Trinajstić information content (AvgIpc) is 2.95. The molecule has 0 saturated heterocycles. The highest BCUT2D eigenvalue weighted by atomic mass is 32.2. The summed E-state index contributed by atoms with van der Waals surface area (Å²) in [6, 6.07) is 0. The summed E-state index contributed by atoms with van der Waals surface area (Å²) in [5.41, 5.74) is -2.74. The smallest absolute Gasteiger partial charge is 0.303 e. The predicted molar refractivity (Wildman–Crippen MR) is 128 cm³/mol. The van der Waals surface area contributed by atoms with E-state index in [1.54, 1.807) is 30.8 Å². The van der Waals surface area contributed by atoms with Gasteiger partial charge < -0.3 is 9.84 Å². The van der Waals surface area contributed by atoms with E-state index in [-0.39, 0.29) is 27.1 Å². The van der Waals surface area contributed by atoms with E-state index in [2.05, 4.69) is 13.8 Å². The molecule has 0 aromatic heterocycles. The third-order valence-electron chi connectivity index (χ3n) is 8.71. The number of hydrogen-bond donors (Lipinski definition) is 1. The van der Waals surface area contributed by atoms with Crippen molar-refractivity contribution >= 4 is 35.3 Å². The van der Waals surface area contributed by atoms with E-state index in [1.807, 2.05) is 18.7 Å². The first kappa shape index (κ1) is 24.3. The molecule has 0 amide bonds. The standard InChI is InChI=1S/C25H35FO4S2/c1-6-31-24(32-16(3)28)12-10-19-20-8-7-17-13-18(29)9-11-22(17,4)25(20,26)21(30-15(2)27)14-23(19,24)5/h9,11,13,16,19-21,28H,6-8,10,12,14H2,1-5H3/t16?,19-,20-,21-,22-,23-,24?,25?/m0/s1. The Kier molecular flexibility index (Phi) is 6.20. The molecule has 4 nitrogen and oxygen atoms in total. The summed E-state index contributed by atoms with van der Waals surface area (Å²) >= 11 is 3.44. The number of ether oxygens (including phenoxy) is 1. The summed E-state index contributed by atoms with van der Waals surface area (Å²) in [4.78, 5) is 24.3. The van der Waals surface area contributed by atoms with Crippen LogP contribution in [-0.4, -0.2) is 43.9 Å². The molecule has 1 N–H and O–H groups in total. The Morgan fingerprint density at radius 3 is 2.69 bits per heavy atom. The van der Waals surface area contributed by atoms with E-state index in [9.17, 15) is 14.7 Å². The second-order valence-electron chi connectivity index (χ2n) is 10.3. The van der Waals surface area contributed by atoms with Crippen LogP contribution < -0.4 is 0 Å². The Morgan fingerprint density at radius 1 is 1.34 bits per heavy atom. The van der Waals surface area contributed by atoms with E-state index >= 15 is 4.39 Å². The third kappa shape index (κ3) is 3.28. The molecule has 178 valence electrons. The Labute approximate surface area is 199 Å². The highest BCUT2D eigenvalue weighted by Crippen LogP contribution is 2.74. The number of rotatable bonds is 5. The molecular weight excluding hydrogens is 447 g/mol. The zero-order valence-corrected chi connectivity index (χ0v) is 21.3. The van der Waals surface area contributed by atoms with Gasteiger partial charge >= 0.3 is 5.97 Å². The van der Waals surface area contributed by atoms with Gasteiger partial charge in [0.1, 0.15) is 6.10 Å². The number of hydrogen-bond acceptors (Lipinski definition) is 6. The van der Waals surface area contributed by atoms with Gasteiger partial charge in [-0.25, -0.2) is 4.39 Å². The summed E-state index contributed by atoms with van der Waals surface area (Å²) in [6.45, 7) is 9.38. The van der Waals surface area contributed by atoms with Gasteiger partial charge in [-0.2, -0.15) is 0 Å². The molecule has 0 aromatic carbocycles. The molecule has 0 bridgehead atoms. The van der Waals surface area contributed by atoms with Crippen molar-refractivity contribution in [3.63, 3.8) is 0 Å². The molecule has 0 spiro atoms. The molecule has 7 heteroatoms. The van der Waals surface area contributed by atoms with Gasteiger partial charge in [-0.1, -0.05) is 25.5 Å². The number of alkyl halides is 1. The van der Waals surface area contributed by atoms with E-state index < -0.39 is 28.6 Å². The number of carbonyl (C=O) groups is 2. The Hall–Kier alpha value is -0.790. The molecule has 0 radical (unpaired) electrons. The number of allylic oxidation sites excluding steroid dienone is 4. The van der Waals surface area contributed by atoms with Crippen LogP contribution in [0.4, 0.5) is 4.39 Å². The summed E-state index contributed by atoms with van der Waals surface area (Å²) in [6.07, 6.45) is 7.42. The van der Waals surface area contributed by atoms with Crippen molar-refractivity contribution in [1.29, 1.82) is 0 Å². The number of aliphatic hydroxyl groups is 1. The number of ketones is 1. The molecule has 4 rings (SSSR count). The lowest BCUT2D eigenvalue weighted by molar-refractivity contribution is -0.209. The second kappa shape index (κ2) is 8.16. The lowest BCUT2D eigenvalue weighted by Gasteiger charge is -2.63. The van der Waals surface area contributed by atoms with Crippen LogP contribution in [0.5, 0.6) is 0 Å². The van der Waals surface area contributed by atoms with Crippen LogP contribution in [0.2, 0.25) is 0 Å². The van der Waals surface area contributed by atoms with Crippen LogP contribution in [0.15, 0.2) is 23.8 Å². The van der Waals surface area contributed by atoms with Crippen LogP contribution >= 0.6 is 23.5 Å².